The Morgan fingerprint density at radius 1 is 1.36 bits per heavy atom. The Balaban J connectivity index is 2.34. The average Bonchev–Trinajstić information content (AvgIpc) is 2.17. The Hall–Kier alpha value is -0.930. The van der Waals surface area contributed by atoms with E-state index in [0.29, 0.717) is 6.54 Å². The van der Waals surface area contributed by atoms with Crippen LogP contribution >= 0.6 is 0 Å². The molecule has 0 spiro atoms. The van der Waals surface area contributed by atoms with Crippen LogP contribution < -0.4 is 5.32 Å². The maximum absolute atomic E-state index is 12.6. The smallest absolute Gasteiger partial charge is 0.123 e. The Kier molecular flexibility index (Phi) is 4.56. The van der Waals surface area contributed by atoms with Gasteiger partial charge in [0.2, 0.25) is 0 Å². The lowest BCUT2D eigenvalue weighted by molar-refractivity contribution is 0.268. The van der Waals surface area contributed by atoms with E-state index in [2.05, 4.69) is 5.32 Å². The van der Waals surface area contributed by atoms with Crippen molar-refractivity contribution in [1.29, 1.82) is 0 Å². The highest BCUT2D eigenvalue weighted by molar-refractivity contribution is 5.15. The maximum atomic E-state index is 12.6. The molecule has 0 amide bonds. The fourth-order valence-electron chi connectivity index (χ4n) is 1.19. The lowest BCUT2D eigenvalue weighted by Gasteiger charge is -2.11. The van der Waals surface area contributed by atoms with Crippen molar-refractivity contribution < 1.29 is 9.50 Å². The van der Waals surface area contributed by atoms with Gasteiger partial charge in [0, 0.05) is 19.2 Å². The van der Waals surface area contributed by atoms with E-state index in [0.717, 1.165) is 12.0 Å². The first-order valence-electron chi connectivity index (χ1n) is 4.81. The van der Waals surface area contributed by atoms with Gasteiger partial charge in [-0.2, -0.15) is 0 Å². The van der Waals surface area contributed by atoms with Gasteiger partial charge in [-0.1, -0.05) is 12.1 Å². The van der Waals surface area contributed by atoms with Crippen LogP contribution in [0.4, 0.5) is 4.39 Å². The summed E-state index contributed by atoms with van der Waals surface area (Å²) >= 11 is 0. The van der Waals surface area contributed by atoms with Gasteiger partial charge in [0.05, 0.1) is 0 Å². The molecule has 0 aromatic heterocycles. The van der Waals surface area contributed by atoms with E-state index in [1.54, 1.807) is 12.1 Å². The summed E-state index contributed by atoms with van der Waals surface area (Å²) in [4.78, 5) is 0. The predicted octanol–water partition coefficient (Wildman–Crippen LogP) is 1.69. The highest BCUT2D eigenvalue weighted by atomic mass is 19.1. The molecular formula is C11H16FNO. The first-order valence-corrected chi connectivity index (χ1v) is 4.81. The Morgan fingerprint density at radius 2 is 2.00 bits per heavy atom. The molecule has 0 aliphatic rings. The van der Waals surface area contributed by atoms with E-state index in [4.69, 9.17) is 5.11 Å². The SMILES string of the molecule is C[C@H](CCO)NCc1ccc(F)cc1. The second-order valence-corrected chi connectivity index (χ2v) is 3.42. The van der Waals surface area contributed by atoms with Crippen molar-refractivity contribution in [3.63, 3.8) is 0 Å². The number of halogens is 1. The number of benzene rings is 1. The van der Waals surface area contributed by atoms with Crippen LogP contribution in [0.1, 0.15) is 18.9 Å². The molecule has 78 valence electrons. The molecule has 0 saturated carbocycles. The second-order valence-electron chi connectivity index (χ2n) is 3.42. The maximum Gasteiger partial charge on any atom is 0.123 e. The van der Waals surface area contributed by atoms with E-state index in [9.17, 15) is 4.39 Å². The number of aliphatic hydroxyl groups excluding tert-OH is 1. The molecule has 3 heteroatoms. The number of hydrogen-bond acceptors (Lipinski definition) is 2. The second kappa shape index (κ2) is 5.73. The zero-order valence-electron chi connectivity index (χ0n) is 8.33. The number of hydrogen-bond donors (Lipinski definition) is 2. The van der Waals surface area contributed by atoms with Gasteiger partial charge in [0.15, 0.2) is 0 Å². The minimum Gasteiger partial charge on any atom is -0.396 e. The first-order chi connectivity index (χ1) is 6.72. The van der Waals surface area contributed by atoms with E-state index in [1.165, 1.54) is 12.1 Å². The summed E-state index contributed by atoms with van der Waals surface area (Å²) in [5, 5.41) is 11.9. The van der Waals surface area contributed by atoms with Crippen LogP contribution in [-0.4, -0.2) is 17.8 Å². The molecule has 0 fully saturated rings. The monoisotopic (exact) mass is 197 g/mol. The van der Waals surface area contributed by atoms with Gasteiger partial charge in [-0.05, 0) is 31.0 Å². The molecule has 0 unspecified atom stereocenters. The standard InChI is InChI=1S/C11H16FNO/c1-9(6-7-14)13-8-10-2-4-11(12)5-3-10/h2-5,9,13-14H,6-8H2,1H3/t9-/m1/s1. The third-order valence-corrected chi connectivity index (χ3v) is 2.13. The van der Waals surface area contributed by atoms with Gasteiger partial charge in [-0.3, -0.25) is 0 Å². The number of aliphatic hydroxyl groups is 1. The normalized spacial score (nSPS) is 12.8. The number of rotatable bonds is 5. The van der Waals surface area contributed by atoms with Crippen LogP contribution in [-0.2, 0) is 6.54 Å². The van der Waals surface area contributed by atoms with Crippen molar-refractivity contribution in [3.8, 4) is 0 Å². The largest absolute Gasteiger partial charge is 0.396 e. The molecule has 1 rings (SSSR count). The Bertz CT molecular complexity index is 260. The van der Waals surface area contributed by atoms with Crippen LogP contribution in [0.25, 0.3) is 0 Å². The minimum atomic E-state index is -0.211. The van der Waals surface area contributed by atoms with Crippen LogP contribution in [0, 0.1) is 5.82 Å². The van der Waals surface area contributed by atoms with E-state index >= 15 is 0 Å². The van der Waals surface area contributed by atoms with E-state index in [-0.39, 0.29) is 18.5 Å². The van der Waals surface area contributed by atoms with Gasteiger partial charge in [0.1, 0.15) is 5.82 Å². The molecule has 1 aromatic rings. The van der Waals surface area contributed by atoms with E-state index in [1.807, 2.05) is 6.92 Å². The summed E-state index contributed by atoms with van der Waals surface area (Å²) in [6, 6.07) is 6.70. The van der Waals surface area contributed by atoms with Crippen molar-refractivity contribution in [2.24, 2.45) is 0 Å². The zero-order chi connectivity index (χ0) is 10.4. The molecule has 0 radical (unpaired) electrons. The lowest BCUT2D eigenvalue weighted by Crippen LogP contribution is -2.26. The van der Waals surface area contributed by atoms with Crippen LogP contribution in [0.15, 0.2) is 24.3 Å². The van der Waals surface area contributed by atoms with Crippen LogP contribution in [0.5, 0.6) is 0 Å². The summed E-state index contributed by atoms with van der Waals surface area (Å²) in [5.74, 6) is -0.211. The molecule has 14 heavy (non-hydrogen) atoms. The lowest BCUT2D eigenvalue weighted by atomic mass is 10.2. The van der Waals surface area contributed by atoms with Crippen molar-refractivity contribution >= 4 is 0 Å². The summed E-state index contributed by atoms with van der Waals surface area (Å²) in [6.45, 7) is 2.92. The van der Waals surface area contributed by atoms with Gasteiger partial charge in [0.25, 0.3) is 0 Å². The minimum absolute atomic E-state index is 0.192. The summed E-state index contributed by atoms with van der Waals surface area (Å²) in [7, 11) is 0. The van der Waals surface area contributed by atoms with Crippen molar-refractivity contribution in [2.45, 2.75) is 25.9 Å². The molecule has 0 aliphatic heterocycles. The zero-order valence-corrected chi connectivity index (χ0v) is 8.33. The highest BCUT2D eigenvalue weighted by Gasteiger charge is 2.00. The van der Waals surface area contributed by atoms with Crippen molar-refractivity contribution in [2.75, 3.05) is 6.61 Å². The fraction of sp³-hybridized carbons (Fsp3) is 0.455. The van der Waals surface area contributed by atoms with Crippen molar-refractivity contribution in [1.82, 2.24) is 5.32 Å². The molecule has 0 bridgehead atoms. The predicted molar refractivity (Wildman–Crippen MR) is 54.4 cm³/mol. The van der Waals surface area contributed by atoms with Gasteiger partial charge >= 0.3 is 0 Å². The molecule has 0 heterocycles. The Labute approximate surface area is 83.8 Å². The molecule has 2 N–H and O–H groups in total. The molecule has 0 saturated heterocycles. The summed E-state index contributed by atoms with van der Waals surface area (Å²) in [5.41, 5.74) is 1.05. The van der Waals surface area contributed by atoms with Crippen LogP contribution in [0.2, 0.25) is 0 Å². The number of nitrogens with one attached hydrogen (secondary N) is 1. The molecule has 1 atom stereocenters. The fourth-order valence-corrected chi connectivity index (χ4v) is 1.19. The summed E-state index contributed by atoms with van der Waals surface area (Å²) < 4.78 is 12.6. The third-order valence-electron chi connectivity index (χ3n) is 2.13. The molecule has 2 nitrogen and oxygen atoms in total. The van der Waals surface area contributed by atoms with Crippen LogP contribution in [0.3, 0.4) is 0 Å². The third kappa shape index (κ3) is 3.85. The van der Waals surface area contributed by atoms with E-state index < -0.39 is 0 Å². The highest BCUT2D eigenvalue weighted by Crippen LogP contribution is 2.02. The quantitative estimate of drug-likeness (QED) is 0.752. The first kappa shape index (κ1) is 11.1. The topological polar surface area (TPSA) is 32.3 Å². The molecule has 0 aliphatic carbocycles. The average molecular weight is 197 g/mol. The van der Waals surface area contributed by atoms with Gasteiger partial charge in [-0.15, -0.1) is 0 Å². The molecule has 1 aromatic carbocycles. The summed E-state index contributed by atoms with van der Waals surface area (Å²) in [6.07, 6.45) is 0.737. The van der Waals surface area contributed by atoms with Gasteiger partial charge < -0.3 is 10.4 Å². The van der Waals surface area contributed by atoms with Gasteiger partial charge in [-0.25, -0.2) is 4.39 Å². The molecular weight excluding hydrogens is 181 g/mol. The van der Waals surface area contributed by atoms with Crippen molar-refractivity contribution in [3.05, 3.63) is 35.6 Å². The Morgan fingerprint density at radius 3 is 2.57 bits per heavy atom.